The summed E-state index contributed by atoms with van der Waals surface area (Å²) < 4.78 is 11.4. The normalized spacial score (nSPS) is 18.6. The Hall–Kier alpha value is -1.85. The lowest BCUT2D eigenvalue weighted by Gasteiger charge is -2.16. The molecule has 0 radical (unpaired) electrons. The Labute approximate surface area is 140 Å². The molecule has 0 saturated carbocycles. The van der Waals surface area contributed by atoms with Crippen LogP contribution in [0, 0.1) is 0 Å². The molecule has 0 aliphatic carbocycles. The molecule has 23 heavy (non-hydrogen) atoms. The van der Waals surface area contributed by atoms with Gasteiger partial charge >= 0.3 is 0 Å². The average Bonchev–Trinajstić information content (AvgIpc) is 3.26. The summed E-state index contributed by atoms with van der Waals surface area (Å²) in [5.74, 6) is 0.493. The van der Waals surface area contributed by atoms with E-state index < -0.39 is 0 Å². The molecule has 1 aromatic heterocycles. The van der Waals surface area contributed by atoms with Gasteiger partial charge in [0, 0.05) is 11.5 Å². The van der Waals surface area contributed by atoms with Crippen LogP contribution in [0.5, 0.6) is 5.75 Å². The highest BCUT2D eigenvalue weighted by atomic mass is 32.1. The number of hydrogen-bond donors (Lipinski definition) is 1. The van der Waals surface area contributed by atoms with Crippen LogP contribution in [0.15, 0.2) is 41.8 Å². The molecule has 1 aromatic carbocycles. The molecule has 2 atom stereocenters. The van der Waals surface area contributed by atoms with Crippen molar-refractivity contribution in [2.24, 2.45) is 0 Å². The summed E-state index contributed by atoms with van der Waals surface area (Å²) in [6.45, 7) is 3.28. The predicted molar refractivity (Wildman–Crippen MR) is 91.1 cm³/mol. The molecule has 1 saturated heterocycles. The summed E-state index contributed by atoms with van der Waals surface area (Å²) in [5, 5.41) is 5.04. The fourth-order valence-electron chi connectivity index (χ4n) is 2.62. The van der Waals surface area contributed by atoms with Crippen molar-refractivity contribution in [1.82, 2.24) is 5.32 Å². The van der Waals surface area contributed by atoms with E-state index in [9.17, 15) is 4.79 Å². The van der Waals surface area contributed by atoms with Crippen LogP contribution in [0.2, 0.25) is 0 Å². The van der Waals surface area contributed by atoms with E-state index in [0.717, 1.165) is 24.3 Å². The molecule has 0 bridgehead atoms. The van der Waals surface area contributed by atoms with Crippen molar-refractivity contribution < 1.29 is 14.3 Å². The monoisotopic (exact) mass is 331 g/mol. The molecule has 5 heteroatoms. The molecule has 2 heterocycles. The smallest absolute Gasteiger partial charge is 0.255 e. The highest BCUT2D eigenvalue weighted by Crippen LogP contribution is 2.23. The second-order valence-corrected chi connectivity index (χ2v) is 6.63. The van der Waals surface area contributed by atoms with Crippen LogP contribution in [0.25, 0.3) is 0 Å². The first kappa shape index (κ1) is 16.0. The Balaban J connectivity index is 1.65. The molecular weight excluding hydrogens is 310 g/mol. The Morgan fingerprint density at radius 3 is 3.00 bits per heavy atom. The van der Waals surface area contributed by atoms with E-state index in [2.05, 4.69) is 5.32 Å². The predicted octanol–water partition coefficient (Wildman–Crippen LogP) is 3.80. The first-order valence-electron chi connectivity index (χ1n) is 7.92. The van der Waals surface area contributed by atoms with Crippen LogP contribution < -0.4 is 10.1 Å². The van der Waals surface area contributed by atoms with Gasteiger partial charge in [0.05, 0.1) is 17.7 Å². The Bertz CT molecular complexity index is 635. The Morgan fingerprint density at radius 2 is 2.26 bits per heavy atom. The van der Waals surface area contributed by atoms with Crippen LogP contribution in [-0.4, -0.2) is 25.2 Å². The van der Waals surface area contributed by atoms with Crippen LogP contribution in [-0.2, 0) is 4.74 Å². The first-order valence-corrected chi connectivity index (χ1v) is 8.79. The quantitative estimate of drug-likeness (QED) is 0.876. The van der Waals surface area contributed by atoms with Gasteiger partial charge in [-0.2, -0.15) is 0 Å². The first-order chi connectivity index (χ1) is 11.2. The van der Waals surface area contributed by atoms with Gasteiger partial charge in [0.2, 0.25) is 0 Å². The van der Waals surface area contributed by atoms with E-state index in [-0.39, 0.29) is 18.1 Å². The summed E-state index contributed by atoms with van der Waals surface area (Å²) in [5.41, 5.74) is 0.564. The number of carbonyl (C=O) groups excluding carboxylic acids is 1. The minimum absolute atomic E-state index is 0.0197. The van der Waals surface area contributed by atoms with E-state index in [4.69, 9.17) is 9.47 Å². The van der Waals surface area contributed by atoms with E-state index in [1.807, 2.05) is 42.6 Å². The summed E-state index contributed by atoms with van der Waals surface area (Å²) in [6.07, 6.45) is 2.23. The number of carbonyl (C=O) groups is 1. The summed E-state index contributed by atoms with van der Waals surface area (Å²) in [6, 6.07) is 11.3. The number of hydrogen-bond acceptors (Lipinski definition) is 4. The number of para-hydroxylation sites is 1. The highest BCUT2D eigenvalue weighted by molar-refractivity contribution is 7.10. The largest absolute Gasteiger partial charge is 0.490 e. The van der Waals surface area contributed by atoms with Crippen LogP contribution in [0.4, 0.5) is 0 Å². The molecule has 0 spiro atoms. The molecule has 4 nitrogen and oxygen atoms in total. The van der Waals surface area contributed by atoms with Crippen molar-refractivity contribution in [3.05, 3.63) is 52.2 Å². The second-order valence-electron chi connectivity index (χ2n) is 5.65. The second kappa shape index (κ2) is 7.62. The Morgan fingerprint density at radius 1 is 1.39 bits per heavy atom. The van der Waals surface area contributed by atoms with Crippen molar-refractivity contribution in [3.8, 4) is 5.75 Å². The standard InChI is InChI=1S/C18H21NO3S/c1-13(17-9-5-11-23-17)19-18(20)15-7-2-3-8-16(15)22-12-14-6-4-10-21-14/h2-3,5,7-9,11,13-14H,4,6,10,12H2,1H3,(H,19,20)/t13-,14+/m1/s1. The molecule has 3 rings (SSSR count). The summed E-state index contributed by atoms with van der Waals surface area (Å²) >= 11 is 1.64. The highest BCUT2D eigenvalue weighted by Gasteiger charge is 2.19. The van der Waals surface area contributed by atoms with E-state index in [0.29, 0.717) is 17.9 Å². The third-order valence-corrected chi connectivity index (χ3v) is 4.95. The van der Waals surface area contributed by atoms with Crippen molar-refractivity contribution in [2.75, 3.05) is 13.2 Å². The third kappa shape index (κ3) is 4.12. The van der Waals surface area contributed by atoms with E-state index in [1.165, 1.54) is 0 Å². The molecule has 0 unspecified atom stereocenters. The fourth-order valence-corrected chi connectivity index (χ4v) is 3.36. The van der Waals surface area contributed by atoms with Gasteiger partial charge in [-0.05, 0) is 43.3 Å². The number of ether oxygens (including phenoxy) is 2. The van der Waals surface area contributed by atoms with Gasteiger partial charge in [-0.3, -0.25) is 4.79 Å². The lowest BCUT2D eigenvalue weighted by molar-refractivity contribution is 0.0670. The average molecular weight is 331 g/mol. The number of rotatable bonds is 6. The van der Waals surface area contributed by atoms with Gasteiger partial charge in [0.1, 0.15) is 12.4 Å². The lowest BCUT2D eigenvalue weighted by Crippen LogP contribution is -2.27. The minimum atomic E-state index is -0.117. The van der Waals surface area contributed by atoms with Gasteiger partial charge in [0.15, 0.2) is 0 Å². The minimum Gasteiger partial charge on any atom is -0.490 e. The van der Waals surface area contributed by atoms with Gasteiger partial charge in [-0.1, -0.05) is 18.2 Å². The van der Waals surface area contributed by atoms with E-state index in [1.54, 1.807) is 17.4 Å². The maximum absolute atomic E-state index is 12.5. The number of amides is 1. The Kier molecular flexibility index (Phi) is 5.31. The van der Waals surface area contributed by atoms with Crippen molar-refractivity contribution in [2.45, 2.75) is 31.9 Å². The zero-order chi connectivity index (χ0) is 16.1. The van der Waals surface area contributed by atoms with Gasteiger partial charge in [-0.15, -0.1) is 11.3 Å². The molecule has 1 fully saturated rings. The third-order valence-electron chi connectivity index (χ3n) is 3.90. The molecule has 1 aliphatic heterocycles. The molecule has 1 aliphatic rings. The van der Waals surface area contributed by atoms with Crippen LogP contribution in [0.1, 0.15) is 41.0 Å². The molecule has 1 amide bonds. The lowest BCUT2D eigenvalue weighted by atomic mass is 10.1. The summed E-state index contributed by atoms with van der Waals surface area (Å²) in [7, 11) is 0. The van der Waals surface area contributed by atoms with Crippen LogP contribution in [0.3, 0.4) is 0 Å². The number of benzene rings is 1. The summed E-state index contributed by atoms with van der Waals surface area (Å²) in [4.78, 5) is 13.7. The maximum atomic E-state index is 12.5. The van der Waals surface area contributed by atoms with Crippen LogP contribution >= 0.6 is 11.3 Å². The SMILES string of the molecule is C[C@@H](NC(=O)c1ccccc1OC[C@@H]1CCCO1)c1cccs1. The van der Waals surface area contributed by atoms with Crippen molar-refractivity contribution >= 4 is 17.2 Å². The van der Waals surface area contributed by atoms with Gasteiger partial charge in [0.25, 0.3) is 5.91 Å². The number of nitrogens with one attached hydrogen (secondary N) is 1. The molecule has 2 aromatic rings. The maximum Gasteiger partial charge on any atom is 0.255 e. The van der Waals surface area contributed by atoms with Gasteiger partial charge < -0.3 is 14.8 Å². The molecular formula is C18H21NO3S. The number of thiophene rings is 1. The van der Waals surface area contributed by atoms with E-state index >= 15 is 0 Å². The zero-order valence-corrected chi connectivity index (χ0v) is 14.0. The van der Waals surface area contributed by atoms with Crippen molar-refractivity contribution in [3.63, 3.8) is 0 Å². The van der Waals surface area contributed by atoms with Gasteiger partial charge in [-0.25, -0.2) is 0 Å². The molecule has 122 valence electrons. The zero-order valence-electron chi connectivity index (χ0n) is 13.2. The van der Waals surface area contributed by atoms with Crippen molar-refractivity contribution in [1.29, 1.82) is 0 Å². The topological polar surface area (TPSA) is 47.6 Å². The molecule has 1 N–H and O–H groups in total. The fraction of sp³-hybridized carbons (Fsp3) is 0.389.